The summed E-state index contributed by atoms with van der Waals surface area (Å²) in [6.45, 7) is 1.15. The predicted octanol–water partition coefficient (Wildman–Crippen LogP) is 5.47. The van der Waals surface area contributed by atoms with Gasteiger partial charge in [0.1, 0.15) is 39.2 Å². The fourth-order valence-corrected chi connectivity index (χ4v) is 8.90. The van der Waals surface area contributed by atoms with E-state index in [0.717, 1.165) is 42.5 Å². The Morgan fingerprint density at radius 2 is 1.27 bits per heavy atom. The van der Waals surface area contributed by atoms with Crippen LogP contribution in [0.25, 0.3) is 21.5 Å². The number of azo groups is 2. The molecule has 10 N–H and O–H groups in total. The SMILES string of the molecule is COc1ccc(S(=O)(=O)O)cc1N=Nc1c(S(=O)(=O)O)cc2cc(Nc3nc(=NCCO)[nH]c(=Nc4cc(C)c(N=Nc5cc(S(=O)(=O)O)cc6cc(S(=O)(=O)O)cc(O)c56)cc4OC)[nH]3)ccc2c1O. The number of phenols is 2. The number of fused-ring (bicyclic) bond motifs is 2. The average Bonchev–Trinajstić information content (AvgIpc) is 3.28. The summed E-state index contributed by atoms with van der Waals surface area (Å²) < 4.78 is 146. The second kappa shape index (κ2) is 19.6. The second-order valence-electron chi connectivity index (χ2n) is 14.7. The maximum Gasteiger partial charge on any atom is 0.296 e. The molecule has 7 aromatic rings. The average molecular weight is 1060 g/mol. The van der Waals surface area contributed by atoms with Gasteiger partial charge in [0.05, 0.1) is 58.8 Å². The number of ether oxygens (including phenoxy) is 2. The lowest BCUT2D eigenvalue weighted by Gasteiger charge is -2.12. The van der Waals surface area contributed by atoms with Crippen molar-refractivity contribution in [3.63, 3.8) is 0 Å². The lowest BCUT2D eigenvalue weighted by molar-refractivity contribution is 0.305. The standard InChI is InChI=1S/C40H36N10O17S4/c1-19-10-28(33(67-3)18-27(19)47-49-30-16-24(69(57,58)59)12-21-13-25(70(60,61)62)17-31(52)35(21)30)43-40-45-38(41-8-9-51)44-39(46-40)42-22-4-6-26-20(11-22)14-34(71(63,64)65)36(37(26)53)50-48-29-15-23(68(54,55)56)5-7-32(29)66-2/h4-7,10-18,51-53H,8-9H2,1-3H3,(H,54,55,56)(H,57,58,59)(H,60,61,62)(H,63,64,65)(H3,41,42,43,44,45,46). The molecule has 0 spiro atoms. The Balaban J connectivity index is 1.26. The summed E-state index contributed by atoms with van der Waals surface area (Å²) in [6.07, 6.45) is 0. The van der Waals surface area contributed by atoms with Gasteiger partial charge in [-0.3, -0.25) is 28.2 Å². The summed E-state index contributed by atoms with van der Waals surface area (Å²) in [5, 5.41) is 50.0. The molecule has 27 nitrogen and oxygen atoms in total. The van der Waals surface area contributed by atoms with Crippen LogP contribution in [0.15, 0.2) is 129 Å². The monoisotopic (exact) mass is 1060 g/mol. The zero-order valence-corrected chi connectivity index (χ0v) is 39.7. The van der Waals surface area contributed by atoms with Crippen molar-refractivity contribution in [2.75, 3.05) is 32.7 Å². The Hall–Kier alpha value is -7.75. The van der Waals surface area contributed by atoms with E-state index >= 15 is 0 Å². The summed E-state index contributed by atoms with van der Waals surface area (Å²) in [6, 6.07) is 14.4. The van der Waals surface area contributed by atoms with Crippen molar-refractivity contribution in [3.8, 4) is 23.0 Å². The Kier molecular flexibility index (Phi) is 14.1. The number of nitrogens with zero attached hydrogens (tertiary/aromatic N) is 7. The normalized spacial score (nSPS) is 13.2. The molecule has 6 aromatic carbocycles. The molecule has 7 rings (SSSR count). The molecule has 0 unspecified atom stereocenters. The molecule has 1 heterocycles. The minimum atomic E-state index is -5.12. The number of aliphatic hydroxyl groups is 1. The van der Waals surface area contributed by atoms with Crippen molar-refractivity contribution in [3.05, 3.63) is 95.7 Å². The largest absolute Gasteiger partial charge is 0.507 e. The Morgan fingerprint density at radius 3 is 1.90 bits per heavy atom. The lowest BCUT2D eigenvalue weighted by Crippen LogP contribution is -2.28. The highest BCUT2D eigenvalue weighted by Gasteiger charge is 2.24. The molecule has 0 fully saturated rings. The molecule has 71 heavy (non-hydrogen) atoms. The van der Waals surface area contributed by atoms with Crippen LogP contribution in [0.2, 0.25) is 0 Å². The highest BCUT2D eigenvalue weighted by Crippen LogP contribution is 2.44. The first-order valence-corrected chi connectivity index (χ1v) is 25.4. The van der Waals surface area contributed by atoms with Crippen LogP contribution in [-0.4, -0.2) is 110 Å². The fourth-order valence-electron chi connectivity index (χ4n) is 6.67. The molecule has 372 valence electrons. The summed E-state index contributed by atoms with van der Waals surface area (Å²) in [5.74, 6) is -1.45. The van der Waals surface area contributed by atoms with Gasteiger partial charge in [0.15, 0.2) is 5.75 Å². The van der Waals surface area contributed by atoms with Gasteiger partial charge in [0, 0.05) is 23.2 Å². The van der Waals surface area contributed by atoms with Gasteiger partial charge in [0.2, 0.25) is 17.2 Å². The Labute approximate surface area is 400 Å². The maximum atomic E-state index is 12.6. The number of anilines is 2. The molecule has 0 aliphatic rings. The number of aryl methyl sites for hydroxylation is 1. The van der Waals surface area contributed by atoms with Crippen LogP contribution in [0.5, 0.6) is 23.0 Å². The Morgan fingerprint density at radius 1 is 0.634 bits per heavy atom. The molecule has 0 atom stereocenters. The van der Waals surface area contributed by atoms with Crippen LogP contribution in [0, 0.1) is 6.92 Å². The number of nitrogens with one attached hydrogen (secondary N) is 3. The first-order valence-electron chi connectivity index (χ1n) is 19.6. The topological polar surface area (TPSA) is 427 Å². The number of H-pyrrole nitrogens is 2. The van der Waals surface area contributed by atoms with Crippen LogP contribution in [0.3, 0.4) is 0 Å². The molecule has 0 saturated heterocycles. The van der Waals surface area contributed by atoms with Crippen LogP contribution in [-0.2, 0) is 40.5 Å². The van der Waals surface area contributed by atoms with E-state index in [2.05, 4.69) is 50.7 Å². The van der Waals surface area contributed by atoms with E-state index < -0.39 is 77.2 Å². The third-order valence-electron chi connectivity index (χ3n) is 9.89. The number of methoxy groups -OCH3 is 2. The van der Waals surface area contributed by atoms with Crippen LogP contribution < -0.4 is 26.0 Å². The number of aromatic nitrogens is 3. The number of aromatic amines is 2. The van der Waals surface area contributed by atoms with E-state index in [0.29, 0.717) is 11.6 Å². The van der Waals surface area contributed by atoms with Crippen molar-refractivity contribution < 1.29 is 76.7 Å². The lowest BCUT2D eigenvalue weighted by atomic mass is 10.1. The minimum absolute atomic E-state index is 0.0136. The minimum Gasteiger partial charge on any atom is -0.507 e. The van der Waals surface area contributed by atoms with E-state index in [4.69, 9.17) is 9.47 Å². The number of phenolic OH excluding ortho intramolecular Hbond substituents is 2. The molecule has 0 saturated carbocycles. The van der Waals surface area contributed by atoms with E-state index in [1.54, 1.807) is 6.92 Å². The number of aromatic hydroxyl groups is 2. The van der Waals surface area contributed by atoms with Gasteiger partial charge in [-0.1, -0.05) is 0 Å². The number of hydrogen-bond acceptors (Lipinski definition) is 21. The number of hydrogen-bond donors (Lipinski definition) is 10. The van der Waals surface area contributed by atoms with Crippen molar-refractivity contribution in [1.29, 1.82) is 0 Å². The highest BCUT2D eigenvalue weighted by atomic mass is 32.2. The van der Waals surface area contributed by atoms with Gasteiger partial charge in [-0.25, -0.2) is 9.98 Å². The van der Waals surface area contributed by atoms with Crippen molar-refractivity contribution in [2.45, 2.75) is 26.5 Å². The zero-order valence-electron chi connectivity index (χ0n) is 36.4. The fraction of sp³-hybridized carbons (Fsp3) is 0.125. The first-order chi connectivity index (χ1) is 33.3. The summed E-state index contributed by atoms with van der Waals surface area (Å²) in [4.78, 5) is 15.9. The van der Waals surface area contributed by atoms with Crippen molar-refractivity contribution in [1.82, 2.24) is 15.0 Å². The smallest absolute Gasteiger partial charge is 0.296 e. The molecule has 0 bridgehead atoms. The van der Waals surface area contributed by atoms with Gasteiger partial charge >= 0.3 is 0 Å². The molecular formula is C40H36N10O17S4. The van der Waals surface area contributed by atoms with Crippen LogP contribution in [0.1, 0.15) is 5.56 Å². The second-order valence-corrected chi connectivity index (χ2v) is 20.3. The van der Waals surface area contributed by atoms with Crippen molar-refractivity contribution in [2.24, 2.45) is 30.4 Å². The number of aliphatic hydroxyl groups excluding tert-OH is 1. The van der Waals surface area contributed by atoms with Crippen LogP contribution in [0.4, 0.5) is 40.1 Å². The molecular weight excluding hydrogens is 1020 g/mol. The van der Waals surface area contributed by atoms with E-state index in [9.17, 15) is 67.2 Å². The van der Waals surface area contributed by atoms with Crippen LogP contribution >= 0.6 is 0 Å². The van der Waals surface area contributed by atoms with Gasteiger partial charge < -0.3 is 30.1 Å². The van der Waals surface area contributed by atoms with E-state index in [1.807, 2.05) is 0 Å². The van der Waals surface area contributed by atoms with E-state index in [1.165, 1.54) is 44.6 Å². The summed E-state index contributed by atoms with van der Waals surface area (Å²) in [5.41, 5.74) is -0.473. The van der Waals surface area contributed by atoms with Gasteiger partial charge in [-0.2, -0.15) is 43.8 Å². The third kappa shape index (κ3) is 11.5. The molecule has 0 aliphatic carbocycles. The maximum absolute atomic E-state index is 12.6. The van der Waals surface area contributed by atoms with Gasteiger partial charge in [0.25, 0.3) is 40.5 Å². The Bertz CT molecular complexity index is 4010. The molecule has 0 aliphatic heterocycles. The molecule has 0 radical (unpaired) electrons. The zero-order chi connectivity index (χ0) is 51.8. The predicted molar refractivity (Wildman–Crippen MR) is 249 cm³/mol. The highest BCUT2D eigenvalue weighted by molar-refractivity contribution is 7.86. The summed E-state index contributed by atoms with van der Waals surface area (Å²) in [7, 11) is -17.1. The molecule has 0 amide bonds. The molecule has 1 aromatic heterocycles. The summed E-state index contributed by atoms with van der Waals surface area (Å²) >= 11 is 0. The van der Waals surface area contributed by atoms with E-state index in [-0.39, 0.29) is 91.8 Å². The van der Waals surface area contributed by atoms with Gasteiger partial charge in [-0.15, -0.1) is 15.3 Å². The number of rotatable bonds is 15. The van der Waals surface area contributed by atoms with Gasteiger partial charge in [-0.05, 0) is 90.0 Å². The number of benzene rings is 6. The van der Waals surface area contributed by atoms with Crippen molar-refractivity contribution >= 4 is 102 Å². The molecule has 31 heteroatoms. The quantitative estimate of drug-likeness (QED) is 0.0449. The third-order valence-corrected chi connectivity index (χ3v) is 13.3. The first kappa shape index (κ1) is 51.1.